The number of nitrogens with one attached hydrogen (secondary N) is 2. The number of carbonyl (C=O) groups is 1. The molecule has 0 aliphatic heterocycles. The zero-order valence-electron chi connectivity index (χ0n) is 12.1. The monoisotopic (exact) mass is 329 g/mol. The van der Waals surface area contributed by atoms with E-state index in [-0.39, 0.29) is 5.91 Å². The van der Waals surface area contributed by atoms with Crippen molar-refractivity contribution in [2.45, 2.75) is 0 Å². The molecule has 0 atom stereocenters. The second-order valence-corrected chi connectivity index (χ2v) is 5.05. The van der Waals surface area contributed by atoms with E-state index in [4.69, 9.17) is 16.3 Å². The molecule has 116 valence electrons. The number of halogens is 1. The van der Waals surface area contributed by atoms with Gasteiger partial charge < -0.3 is 10.1 Å². The summed E-state index contributed by atoms with van der Waals surface area (Å²) < 4.78 is 5.20. The molecule has 0 saturated heterocycles. The number of amides is 1. The number of tetrazole rings is 1. The molecule has 1 heterocycles. The molecule has 0 saturated carbocycles. The van der Waals surface area contributed by atoms with E-state index in [0.717, 1.165) is 5.56 Å². The second-order valence-electron chi connectivity index (χ2n) is 4.61. The second kappa shape index (κ2) is 6.45. The quantitative estimate of drug-likeness (QED) is 0.767. The van der Waals surface area contributed by atoms with Crippen LogP contribution >= 0.6 is 11.6 Å². The fourth-order valence-electron chi connectivity index (χ4n) is 2.03. The van der Waals surface area contributed by atoms with Gasteiger partial charge in [-0.1, -0.05) is 23.7 Å². The standard InChI is InChI=1S/C15H12ClN5O2/c1-23-13-7-6-11(16)8-12(13)17-15(22)10-4-2-9(3-5-10)14-18-20-21-19-14/h2-8H,1H3,(H,17,22)(H,18,19,20,21). The van der Waals surface area contributed by atoms with Gasteiger partial charge in [0, 0.05) is 16.1 Å². The summed E-state index contributed by atoms with van der Waals surface area (Å²) in [5.41, 5.74) is 1.75. The molecule has 8 heteroatoms. The average Bonchev–Trinajstić information content (AvgIpc) is 3.10. The van der Waals surface area contributed by atoms with E-state index in [9.17, 15) is 4.79 Å². The molecule has 7 nitrogen and oxygen atoms in total. The maximum Gasteiger partial charge on any atom is 0.255 e. The Hall–Kier alpha value is -2.93. The first-order valence-electron chi connectivity index (χ1n) is 6.66. The van der Waals surface area contributed by atoms with Crippen molar-refractivity contribution in [2.24, 2.45) is 0 Å². The maximum atomic E-state index is 12.3. The summed E-state index contributed by atoms with van der Waals surface area (Å²) in [6.45, 7) is 0. The Labute approximate surface area is 136 Å². The third-order valence-electron chi connectivity index (χ3n) is 3.16. The molecule has 2 N–H and O–H groups in total. The van der Waals surface area contributed by atoms with Gasteiger partial charge in [-0.25, -0.2) is 0 Å². The molecule has 0 radical (unpaired) electrons. The predicted octanol–water partition coefficient (Wildman–Crippen LogP) is 2.78. The van der Waals surface area contributed by atoms with Gasteiger partial charge in [0.1, 0.15) is 5.75 Å². The van der Waals surface area contributed by atoms with Gasteiger partial charge >= 0.3 is 0 Å². The lowest BCUT2D eigenvalue weighted by Crippen LogP contribution is -2.12. The highest BCUT2D eigenvalue weighted by atomic mass is 35.5. The van der Waals surface area contributed by atoms with Crippen molar-refractivity contribution in [3.8, 4) is 17.1 Å². The molecule has 0 bridgehead atoms. The summed E-state index contributed by atoms with van der Waals surface area (Å²) >= 11 is 5.95. The van der Waals surface area contributed by atoms with Gasteiger partial charge in [0.05, 0.1) is 12.8 Å². The molecule has 1 amide bonds. The molecule has 0 aliphatic rings. The van der Waals surface area contributed by atoms with Crippen LogP contribution < -0.4 is 10.1 Å². The van der Waals surface area contributed by atoms with Crippen molar-refractivity contribution in [3.63, 3.8) is 0 Å². The summed E-state index contributed by atoms with van der Waals surface area (Å²) in [7, 11) is 1.53. The highest BCUT2D eigenvalue weighted by Crippen LogP contribution is 2.28. The number of hydrogen-bond donors (Lipinski definition) is 2. The van der Waals surface area contributed by atoms with Gasteiger partial charge in [0.15, 0.2) is 0 Å². The van der Waals surface area contributed by atoms with Crippen molar-refractivity contribution in [1.29, 1.82) is 0 Å². The summed E-state index contributed by atoms with van der Waals surface area (Å²) in [6.07, 6.45) is 0. The van der Waals surface area contributed by atoms with Crippen LogP contribution in [0.3, 0.4) is 0 Å². The topological polar surface area (TPSA) is 92.8 Å². The van der Waals surface area contributed by atoms with Crippen LogP contribution in [-0.4, -0.2) is 33.6 Å². The van der Waals surface area contributed by atoms with E-state index >= 15 is 0 Å². The van der Waals surface area contributed by atoms with Crippen molar-refractivity contribution < 1.29 is 9.53 Å². The zero-order valence-corrected chi connectivity index (χ0v) is 12.8. The number of aromatic amines is 1. The van der Waals surface area contributed by atoms with Crippen LogP contribution in [0.2, 0.25) is 5.02 Å². The zero-order chi connectivity index (χ0) is 16.2. The summed E-state index contributed by atoms with van der Waals surface area (Å²) in [6, 6.07) is 11.9. The number of methoxy groups -OCH3 is 1. The van der Waals surface area contributed by atoms with Crippen LogP contribution in [0.15, 0.2) is 42.5 Å². The van der Waals surface area contributed by atoms with Crippen molar-refractivity contribution in [1.82, 2.24) is 20.6 Å². The van der Waals surface area contributed by atoms with Crippen LogP contribution in [0.1, 0.15) is 10.4 Å². The molecule has 0 unspecified atom stereocenters. The molecule has 3 rings (SSSR count). The Kier molecular flexibility index (Phi) is 4.20. The number of hydrogen-bond acceptors (Lipinski definition) is 5. The van der Waals surface area contributed by atoms with Gasteiger partial charge in [0.25, 0.3) is 5.91 Å². The smallest absolute Gasteiger partial charge is 0.255 e. The number of nitrogens with zero attached hydrogens (tertiary/aromatic N) is 3. The van der Waals surface area contributed by atoms with E-state index in [0.29, 0.717) is 27.8 Å². The summed E-state index contributed by atoms with van der Waals surface area (Å²) in [5, 5.41) is 16.9. The molecule has 2 aromatic carbocycles. The van der Waals surface area contributed by atoms with Crippen LogP contribution in [0.4, 0.5) is 5.69 Å². The molecular formula is C15H12ClN5O2. The lowest BCUT2D eigenvalue weighted by atomic mass is 10.1. The van der Waals surface area contributed by atoms with E-state index in [1.807, 2.05) is 0 Å². The summed E-state index contributed by atoms with van der Waals surface area (Å²) in [5.74, 6) is 0.727. The maximum absolute atomic E-state index is 12.3. The van der Waals surface area contributed by atoms with Crippen LogP contribution in [0.25, 0.3) is 11.4 Å². The predicted molar refractivity (Wildman–Crippen MR) is 85.6 cm³/mol. The normalized spacial score (nSPS) is 10.3. The van der Waals surface area contributed by atoms with Crippen molar-refractivity contribution in [3.05, 3.63) is 53.1 Å². The number of anilines is 1. The van der Waals surface area contributed by atoms with Crippen molar-refractivity contribution in [2.75, 3.05) is 12.4 Å². The highest BCUT2D eigenvalue weighted by molar-refractivity contribution is 6.31. The lowest BCUT2D eigenvalue weighted by molar-refractivity contribution is 0.102. The molecular weight excluding hydrogens is 318 g/mol. The Morgan fingerprint density at radius 3 is 2.65 bits per heavy atom. The van der Waals surface area contributed by atoms with Crippen LogP contribution in [0, 0.1) is 0 Å². The minimum Gasteiger partial charge on any atom is -0.495 e. The van der Waals surface area contributed by atoms with E-state index < -0.39 is 0 Å². The Morgan fingerprint density at radius 2 is 2.00 bits per heavy atom. The average molecular weight is 330 g/mol. The number of ether oxygens (including phenoxy) is 1. The fourth-order valence-corrected chi connectivity index (χ4v) is 2.20. The SMILES string of the molecule is COc1ccc(Cl)cc1NC(=O)c1ccc(-c2nn[nH]n2)cc1. The fraction of sp³-hybridized carbons (Fsp3) is 0.0667. The van der Waals surface area contributed by atoms with Crippen LogP contribution in [0.5, 0.6) is 5.75 Å². The van der Waals surface area contributed by atoms with E-state index in [2.05, 4.69) is 25.9 Å². The van der Waals surface area contributed by atoms with E-state index in [1.165, 1.54) is 7.11 Å². The summed E-state index contributed by atoms with van der Waals surface area (Å²) in [4.78, 5) is 12.3. The Bertz CT molecular complexity index is 818. The Morgan fingerprint density at radius 1 is 1.22 bits per heavy atom. The molecule has 3 aromatic rings. The number of H-pyrrole nitrogens is 1. The van der Waals surface area contributed by atoms with Gasteiger partial charge in [-0.05, 0) is 35.5 Å². The molecule has 1 aromatic heterocycles. The van der Waals surface area contributed by atoms with Crippen LogP contribution in [-0.2, 0) is 0 Å². The van der Waals surface area contributed by atoms with Gasteiger partial charge in [-0.3, -0.25) is 4.79 Å². The number of aromatic nitrogens is 4. The molecule has 0 fully saturated rings. The third-order valence-corrected chi connectivity index (χ3v) is 3.40. The third kappa shape index (κ3) is 3.29. The van der Waals surface area contributed by atoms with Gasteiger partial charge in [-0.2, -0.15) is 5.21 Å². The minimum atomic E-state index is -0.273. The Balaban J connectivity index is 1.80. The first-order chi connectivity index (χ1) is 11.2. The molecule has 0 aliphatic carbocycles. The lowest BCUT2D eigenvalue weighted by Gasteiger charge is -2.10. The molecule has 23 heavy (non-hydrogen) atoms. The minimum absolute atomic E-state index is 0.273. The largest absolute Gasteiger partial charge is 0.495 e. The number of rotatable bonds is 4. The number of carbonyl (C=O) groups excluding carboxylic acids is 1. The first-order valence-corrected chi connectivity index (χ1v) is 7.04. The molecule has 0 spiro atoms. The van der Waals surface area contributed by atoms with Gasteiger partial charge in [0.2, 0.25) is 5.82 Å². The number of benzene rings is 2. The van der Waals surface area contributed by atoms with Gasteiger partial charge in [-0.15, -0.1) is 10.2 Å². The van der Waals surface area contributed by atoms with Crippen molar-refractivity contribution >= 4 is 23.2 Å². The first kappa shape index (κ1) is 15.0. The highest BCUT2D eigenvalue weighted by Gasteiger charge is 2.11. The van der Waals surface area contributed by atoms with E-state index in [1.54, 1.807) is 42.5 Å².